The monoisotopic (exact) mass is 427 g/mol. The molecule has 1 aliphatic carbocycles. The molecule has 0 spiro atoms. The van der Waals surface area contributed by atoms with Crippen LogP contribution < -0.4 is 15.0 Å². The zero-order chi connectivity index (χ0) is 21.1. The molecule has 1 aromatic carbocycles. The molecule has 1 aromatic heterocycles. The van der Waals surface area contributed by atoms with Crippen molar-refractivity contribution in [3.8, 4) is 11.8 Å². The molecule has 1 amide bonds. The maximum atomic E-state index is 12.5. The number of nitriles is 1. The molecule has 2 N–H and O–H groups in total. The summed E-state index contributed by atoms with van der Waals surface area (Å²) in [6.07, 6.45) is 2.96. The number of nitrogens with zero attached hydrogens (tertiary/aromatic N) is 4. The third-order valence-corrected chi connectivity index (χ3v) is 5.76. The van der Waals surface area contributed by atoms with Crippen LogP contribution in [0.1, 0.15) is 41.7 Å². The summed E-state index contributed by atoms with van der Waals surface area (Å²) < 4.78 is 5.98. The number of nitrogens with one attached hydrogen (secondary N) is 1. The van der Waals surface area contributed by atoms with Crippen LogP contribution in [0.5, 0.6) is 5.75 Å². The van der Waals surface area contributed by atoms with Gasteiger partial charge in [-0.2, -0.15) is 5.26 Å². The van der Waals surface area contributed by atoms with Crippen LogP contribution in [0.3, 0.4) is 0 Å². The second-order valence-corrected chi connectivity index (χ2v) is 8.06. The Bertz CT molecular complexity index is 948. The summed E-state index contributed by atoms with van der Waals surface area (Å²) >= 11 is 6.06. The highest BCUT2D eigenvalue weighted by Gasteiger charge is 2.27. The highest BCUT2D eigenvalue weighted by Crippen LogP contribution is 2.27. The maximum absolute atomic E-state index is 12.5. The Hall–Kier alpha value is -2.89. The molecule has 0 unspecified atom stereocenters. The lowest BCUT2D eigenvalue weighted by Crippen LogP contribution is -2.51. The number of anilines is 1. The fourth-order valence-corrected chi connectivity index (χ4v) is 3.91. The fourth-order valence-electron chi connectivity index (χ4n) is 3.69. The molecule has 9 heteroatoms. The number of rotatable bonds is 5. The van der Waals surface area contributed by atoms with Crippen molar-refractivity contribution >= 4 is 23.3 Å². The number of benzene rings is 1. The number of halogens is 1. The van der Waals surface area contributed by atoms with Gasteiger partial charge in [-0.1, -0.05) is 11.6 Å². The number of hydrogen-bond acceptors (Lipinski definition) is 7. The smallest absolute Gasteiger partial charge is 0.272 e. The zero-order valence-corrected chi connectivity index (χ0v) is 17.0. The van der Waals surface area contributed by atoms with Gasteiger partial charge in [0.15, 0.2) is 11.5 Å². The lowest BCUT2D eigenvalue weighted by molar-refractivity contribution is 0.0888. The highest BCUT2D eigenvalue weighted by atomic mass is 35.5. The molecule has 30 heavy (non-hydrogen) atoms. The van der Waals surface area contributed by atoms with E-state index in [0.29, 0.717) is 35.2 Å². The lowest BCUT2D eigenvalue weighted by atomic mass is 9.93. The van der Waals surface area contributed by atoms with Crippen LogP contribution in [-0.4, -0.2) is 52.6 Å². The third kappa shape index (κ3) is 4.64. The molecule has 2 aliphatic rings. The van der Waals surface area contributed by atoms with Crippen molar-refractivity contribution < 1.29 is 14.6 Å². The Morgan fingerprint density at radius 1 is 1.20 bits per heavy atom. The van der Waals surface area contributed by atoms with Gasteiger partial charge >= 0.3 is 0 Å². The number of ether oxygens (including phenoxy) is 1. The molecule has 2 aromatic rings. The lowest BCUT2D eigenvalue weighted by Gasteiger charge is -2.36. The van der Waals surface area contributed by atoms with Crippen molar-refractivity contribution in [2.45, 2.75) is 43.9 Å². The first-order valence-corrected chi connectivity index (χ1v) is 10.3. The summed E-state index contributed by atoms with van der Waals surface area (Å²) in [5, 5.41) is 29.8. The average Bonchev–Trinajstić information content (AvgIpc) is 2.73. The number of aromatic nitrogens is 2. The van der Waals surface area contributed by atoms with Crippen LogP contribution in [-0.2, 0) is 0 Å². The van der Waals surface area contributed by atoms with Crippen LogP contribution in [0.15, 0.2) is 30.3 Å². The topological polar surface area (TPSA) is 111 Å². The van der Waals surface area contributed by atoms with Crippen LogP contribution in [0.25, 0.3) is 0 Å². The fraction of sp³-hybridized carbons (Fsp3) is 0.429. The molecule has 2 fully saturated rings. The minimum atomic E-state index is -0.317. The van der Waals surface area contributed by atoms with Crippen molar-refractivity contribution in [1.82, 2.24) is 15.5 Å². The Morgan fingerprint density at radius 3 is 2.57 bits per heavy atom. The number of β-amino-alcohol motifs (C(OH)–C–C–N with tert-alkyl or cyclic N) is 1. The normalized spacial score (nSPS) is 21.4. The molecular weight excluding hydrogens is 406 g/mol. The predicted molar refractivity (Wildman–Crippen MR) is 111 cm³/mol. The summed E-state index contributed by atoms with van der Waals surface area (Å²) in [6, 6.07) is 10.6. The van der Waals surface area contributed by atoms with E-state index in [2.05, 4.69) is 15.5 Å². The van der Waals surface area contributed by atoms with Gasteiger partial charge in [-0.15, -0.1) is 10.2 Å². The van der Waals surface area contributed by atoms with Gasteiger partial charge < -0.3 is 20.1 Å². The molecular formula is C21H22ClN5O3. The Labute approximate surface area is 179 Å². The summed E-state index contributed by atoms with van der Waals surface area (Å²) in [5.74, 6) is 1.08. The van der Waals surface area contributed by atoms with Crippen molar-refractivity contribution in [3.05, 3.63) is 46.6 Å². The van der Waals surface area contributed by atoms with E-state index < -0.39 is 0 Å². The van der Waals surface area contributed by atoms with Crippen molar-refractivity contribution in [1.29, 1.82) is 5.26 Å². The van der Waals surface area contributed by atoms with Gasteiger partial charge in [0, 0.05) is 25.2 Å². The van der Waals surface area contributed by atoms with Gasteiger partial charge in [-0.05, 0) is 49.9 Å². The summed E-state index contributed by atoms with van der Waals surface area (Å²) in [4.78, 5) is 14.4. The van der Waals surface area contributed by atoms with Crippen molar-refractivity contribution in [3.63, 3.8) is 0 Å². The van der Waals surface area contributed by atoms with Gasteiger partial charge in [0.05, 0.1) is 22.8 Å². The quantitative estimate of drug-likeness (QED) is 0.752. The predicted octanol–water partition coefficient (Wildman–Crippen LogP) is 2.30. The number of hydrogen-bond donors (Lipinski definition) is 2. The molecule has 1 saturated heterocycles. The first kappa shape index (κ1) is 20.4. The molecule has 0 atom stereocenters. The van der Waals surface area contributed by atoms with E-state index in [1.165, 1.54) is 0 Å². The molecule has 2 heterocycles. The van der Waals surface area contributed by atoms with Gasteiger partial charge in [-0.3, -0.25) is 4.79 Å². The number of aliphatic hydroxyl groups is 1. The summed E-state index contributed by atoms with van der Waals surface area (Å²) in [6.45, 7) is 1.08. The van der Waals surface area contributed by atoms with Crippen molar-refractivity contribution in [2.75, 3.05) is 18.0 Å². The number of amides is 1. The van der Waals surface area contributed by atoms with E-state index in [-0.39, 0.29) is 29.9 Å². The molecule has 0 radical (unpaired) electrons. The zero-order valence-electron chi connectivity index (χ0n) is 16.3. The van der Waals surface area contributed by atoms with E-state index in [1.807, 2.05) is 11.0 Å². The van der Waals surface area contributed by atoms with Crippen LogP contribution in [0.2, 0.25) is 5.02 Å². The van der Waals surface area contributed by atoms with E-state index in [1.54, 1.807) is 30.3 Å². The van der Waals surface area contributed by atoms with Crippen LogP contribution in [0.4, 0.5) is 5.82 Å². The van der Waals surface area contributed by atoms with Crippen molar-refractivity contribution in [2.24, 2.45) is 0 Å². The summed E-state index contributed by atoms with van der Waals surface area (Å²) in [7, 11) is 0. The van der Waals surface area contributed by atoms with E-state index in [4.69, 9.17) is 21.6 Å². The van der Waals surface area contributed by atoms with Gasteiger partial charge in [-0.25, -0.2) is 0 Å². The van der Waals surface area contributed by atoms with Gasteiger partial charge in [0.1, 0.15) is 11.8 Å². The van der Waals surface area contributed by atoms with Gasteiger partial charge in [0.25, 0.3) is 5.91 Å². The number of carbonyl (C=O) groups excluding carboxylic acids is 1. The van der Waals surface area contributed by atoms with E-state index in [9.17, 15) is 9.90 Å². The minimum Gasteiger partial charge on any atom is -0.490 e. The first-order chi connectivity index (χ1) is 14.5. The maximum Gasteiger partial charge on any atom is 0.272 e. The molecule has 1 saturated carbocycles. The first-order valence-electron chi connectivity index (χ1n) is 9.95. The van der Waals surface area contributed by atoms with Gasteiger partial charge in [0.2, 0.25) is 0 Å². The second kappa shape index (κ2) is 8.86. The van der Waals surface area contributed by atoms with E-state index in [0.717, 1.165) is 25.7 Å². The van der Waals surface area contributed by atoms with Crippen LogP contribution >= 0.6 is 11.6 Å². The Balaban J connectivity index is 1.25. The molecule has 4 rings (SSSR count). The van der Waals surface area contributed by atoms with Crippen LogP contribution in [0, 0.1) is 11.3 Å². The highest BCUT2D eigenvalue weighted by molar-refractivity contribution is 6.31. The second-order valence-electron chi connectivity index (χ2n) is 7.65. The summed E-state index contributed by atoms with van der Waals surface area (Å²) in [5.41, 5.74) is 0.708. The molecule has 0 bridgehead atoms. The third-order valence-electron chi connectivity index (χ3n) is 5.44. The Morgan fingerprint density at radius 2 is 1.97 bits per heavy atom. The molecule has 1 aliphatic heterocycles. The average molecular weight is 428 g/mol. The largest absolute Gasteiger partial charge is 0.490 e. The minimum absolute atomic E-state index is 0.0492. The van der Waals surface area contributed by atoms with E-state index >= 15 is 0 Å². The number of aliphatic hydroxyl groups excluding tert-OH is 1. The standard InChI is InChI=1S/C21H22ClN5O3/c22-18-9-17(4-1-13(18)10-23)30-16-5-2-14(3-6-16)24-21(29)19-7-8-20(26-25-19)27-11-15(28)12-27/h1,4,7-9,14-16,28H,2-3,5-6,11-12H2,(H,24,29). The molecule has 156 valence electrons. The SMILES string of the molecule is N#Cc1ccc(OC2CCC(NC(=O)c3ccc(N4CC(O)C4)nn3)CC2)cc1Cl. The Kier molecular flexibility index (Phi) is 6.02. The number of carbonyl (C=O) groups is 1. The molecule has 8 nitrogen and oxygen atoms in total.